The van der Waals surface area contributed by atoms with Gasteiger partial charge in [0.25, 0.3) is 0 Å². The SMILES string of the molecule is F[C@H]1CN[C@@H]1Cc1ccccc1. The quantitative estimate of drug-likeness (QED) is 0.701. The van der Waals surface area contributed by atoms with E-state index in [1.165, 1.54) is 5.56 Å². The van der Waals surface area contributed by atoms with Crippen molar-refractivity contribution in [3.8, 4) is 0 Å². The Morgan fingerprint density at radius 3 is 2.58 bits per heavy atom. The maximum Gasteiger partial charge on any atom is 0.128 e. The fourth-order valence-corrected chi connectivity index (χ4v) is 1.44. The van der Waals surface area contributed by atoms with Crippen molar-refractivity contribution in [2.45, 2.75) is 18.6 Å². The Balaban J connectivity index is 1.95. The van der Waals surface area contributed by atoms with Crippen LogP contribution in [0.4, 0.5) is 4.39 Å². The third-order valence-electron chi connectivity index (χ3n) is 2.31. The lowest BCUT2D eigenvalue weighted by molar-refractivity contribution is 0.158. The largest absolute Gasteiger partial charge is 0.308 e. The lowest BCUT2D eigenvalue weighted by atomic mass is 9.97. The zero-order valence-corrected chi connectivity index (χ0v) is 6.83. The van der Waals surface area contributed by atoms with E-state index in [2.05, 4.69) is 5.32 Å². The molecular formula is C10H12FN. The average Bonchev–Trinajstić information content (AvgIpc) is 2.14. The van der Waals surface area contributed by atoms with Gasteiger partial charge in [-0.25, -0.2) is 4.39 Å². The van der Waals surface area contributed by atoms with Crippen LogP contribution in [0.2, 0.25) is 0 Å². The minimum Gasteiger partial charge on any atom is -0.308 e. The summed E-state index contributed by atoms with van der Waals surface area (Å²) in [7, 11) is 0. The summed E-state index contributed by atoms with van der Waals surface area (Å²) in [5.74, 6) is 0. The Bertz CT molecular complexity index is 247. The van der Waals surface area contributed by atoms with Crippen molar-refractivity contribution in [1.29, 1.82) is 0 Å². The molecule has 64 valence electrons. The van der Waals surface area contributed by atoms with Crippen molar-refractivity contribution in [1.82, 2.24) is 5.32 Å². The van der Waals surface area contributed by atoms with Crippen LogP contribution in [-0.4, -0.2) is 18.8 Å². The molecule has 1 aliphatic heterocycles. The maximum atomic E-state index is 12.8. The van der Waals surface area contributed by atoms with Gasteiger partial charge in [0.15, 0.2) is 0 Å². The van der Waals surface area contributed by atoms with Crippen LogP contribution in [-0.2, 0) is 6.42 Å². The Kier molecular flexibility index (Phi) is 2.09. The van der Waals surface area contributed by atoms with E-state index < -0.39 is 6.17 Å². The van der Waals surface area contributed by atoms with Crippen LogP contribution in [0.1, 0.15) is 5.56 Å². The first kappa shape index (κ1) is 7.74. The van der Waals surface area contributed by atoms with Crippen LogP contribution >= 0.6 is 0 Å². The number of hydrogen-bond acceptors (Lipinski definition) is 1. The van der Waals surface area contributed by atoms with Gasteiger partial charge in [0.1, 0.15) is 6.17 Å². The predicted molar refractivity (Wildman–Crippen MR) is 46.8 cm³/mol. The molecule has 0 aromatic heterocycles. The minimum absolute atomic E-state index is 0.0485. The molecule has 0 radical (unpaired) electrons. The molecule has 0 saturated carbocycles. The van der Waals surface area contributed by atoms with Crippen LogP contribution in [0.15, 0.2) is 30.3 Å². The monoisotopic (exact) mass is 165 g/mol. The first-order valence-corrected chi connectivity index (χ1v) is 4.27. The number of alkyl halides is 1. The fraction of sp³-hybridized carbons (Fsp3) is 0.400. The second-order valence-electron chi connectivity index (χ2n) is 3.22. The molecule has 0 spiro atoms. The molecule has 1 aromatic rings. The Hall–Kier alpha value is -0.890. The van der Waals surface area contributed by atoms with E-state index in [0.29, 0.717) is 6.54 Å². The third kappa shape index (κ3) is 1.48. The molecule has 1 aliphatic rings. The zero-order valence-electron chi connectivity index (χ0n) is 6.83. The summed E-state index contributed by atoms with van der Waals surface area (Å²) in [6.45, 7) is 0.525. The van der Waals surface area contributed by atoms with Crippen molar-refractivity contribution in [3.63, 3.8) is 0 Å². The number of nitrogens with one attached hydrogen (secondary N) is 1. The molecule has 1 nitrogen and oxygen atoms in total. The van der Waals surface area contributed by atoms with Crippen molar-refractivity contribution in [2.75, 3.05) is 6.54 Å². The average molecular weight is 165 g/mol. The van der Waals surface area contributed by atoms with Gasteiger partial charge in [0, 0.05) is 12.6 Å². The van der Waals surface area contributed by atoms with Gasteiger partial charge in [-0.3, -0.25) is 0 Å². The van der Waals surface area contributed by atoms with Crippen LogP contribution in [0.5, 0.6) is 0 Å². The second kappa shape index (κ2) is 3.23. The van der Waals surface area contributed by atoms with E-state index in [0.717, 1.165) is 6.42 Å². The van der Waals surface area contributed by atoms with Crippen LogP contribution in [0, 0.1) is 0 Å². The fourth-order valence-electron chi connectivity index (χ4n) is 1.44. The lowest BCUT2D eigenvalue weighted by Gasteiger charge is -2.32. The Morgan fingerprint density at radius 1 is 1.33 bits per heavy atom. The van der Waals surface area contributed by atoms with Crippen molar-refractivity contribution < 1.29 is 4.39 Å². The summed E-state index contributed by atoms with van der Waals surface area (Å²) >= 11 is 0. The molecule has 0 amide bonds. The lowest BCUT2D eigenvalue weighted by Crippen LogP contribution is -2.55. The molecule has 1 N–H and O–H groups in total. The summed E-state index contributed by atoms with van der Waals surface area (Å²) in [5.41, 5.74) is 1.21. The van der Waals surface area contributed by atoms with Gasteiger partial charge >= 0.3 is 0 Å². The molecule has 1 saturated heterocycles. The summed E-state index contributed by atoms with van der Waals surface area (Å²) in [6.07, 6.45) is 0.160. The van der Waals surface area contributed by atoms with E-state index in [1.54, 1.807) is 0 Å². The van der Waals surface area contributed by atoms with Gasteiger partial charge in [-0.15, -0.1) is 0 Å². The summed E-state index contributed by atoms with van der Waals surface area (Å²) < 4.78 is 12.8. The second-order valence-corrected chi connectivity index (χ2v) is 3.22. The van der Waals surface area contributed by atoms with Gasteiger partial charge in [0.05, 0.1) is 0 Å². The molecule has 1 fully saturated rings. The van der Waals surface area contributed by atoms with Crippen LogP contribution < -0.4 is 5.32 Å². The first-order valence-electron chi connectivity index (χ1n) is 4.27. The molecular weight excluding hydrogens is 153 g/mol. The number of benzene rings is 1. The van der Waals surface area contributed by atoms with Gasteiger partial charge in [-0.2, -0.15) is 0 Å². The van der Waals surface area contributed by atoms with E-state index >= 15 is 0 Å². The van der Waals surface area contributed by atoms with Gasteiger partial charge in [-0.1, -0.05) is 30.3 Å². The number of rotatable bonds is 2. The molecule has 0 bridgehead atoms. The highest BCUT2D eigenvalue weighted by Crippen LogP contribution is 2.13. The predicted octanol–water partition coefficient (Wildman–Crippen LogP) is 1.54. The topological polar surface area (TPSA) is 12.0 Å². The Labute approximate surface area is 71.6 Å². The number of hydrogen-bond donors (Lipinski definition) is 1. The normalized spacial score (nSPS) is 28.1. The minimum atomic E-state index is -0.648. The molecule has 12 heavy (non-hydrogen) atoms. The molecule has 1 aromatic carbocycles. The molecule has 2 atom stereocenters. The highest BCUT2D eigenvalue weighted by Gasteiger charge is 2.29. The summed E-state index contributed by atoms with van der Waals surface area (Å²) in [6, 6.07) is 10.1. The first-order chi connectivity index (χ1) is 5.86. The molecule has 0 aliphatic carbocycles. The Morgan fingerprint density at radius 2 is 2.08 bits per heavy atom. The van der Waals surface area contributed by atoms with Crippen LogP contribution in [0.3, 0.4) is 0 Å². The summed E-state index contributed by atoms with van der Waals surface area (Å²) in [4.78, 5) is 0. The molecule has 1 heterocycles. The smallest absolute Gasteiger partial charge is 0.128 e. The van der Waals surface area contributed by atoms with E-state index in [9.17, 15) is 4.39 Å². The van der Waals surface area contributed by atoms with Crippen molar-refractivity contribution in [3.05, 3.63) is 35.9 Å². The zero-order chi connectivity index (χ0) is 8.39. The van der Waals surface area contributed by atoms with Crippen LogP contribution in [0.25, 0.3) is 0 Å². The third-order valence-corrected chi connectivity index (χ3v) is 2.31. The van der Waals surface area contributed by atoms with E-state index in [-0.39, 0.29) is 6.04 Å². The maximum absolute atomic E-state index is 12.8. The van der Waals surface area contributed by atoms with E-state index in [4.69, 9.17) is 0 Å². The molecule has 2 rings (SSSR count). The van der Waals surface area contributed by atoms with Gasteiger partial charge in [0.2, 0.25) is 0 Å². The molecule has 0 unspecified atom stereocenters. The number of halogens is 1. The van der Waals surface area contributed by atoms with Gasteiger partial charge in [-0.05, 0) is 12.0 Å². The van der Waals surface area contributed by atoms with Crippen molar-refractivity contribution >= 4 is 0 Å². The van der Waals surface area contributed by atoms with Crippen molar-refractivity contribution in [2.24, 2.45) is 0 Å². The molecule has 2 heteroatoms. The standard InChI is InChI=1S/C10H12FN/c11-9-7-12-10(9)6-8-4-2-1-3-5-8/h1-5,9-10,12H,6-7H2/t9-,10+/m0/s1. The van der Waals surface area contributed by atoms with Gasteiger partial charge < -0.3 is 5.32 Å². The highest BCUT2D eigenvalue weighted by molar-refractivity contribution is 5.17. The van der Waals surface area contributed by atoms with E-state index in [1.807, 2.05) is 30.3 Å². The summed E-state index contributed by atoms with van der Waals surface area (Å²) in [5, 5.41) is 3.07. The highest BCUT2D eigenvalue weighted by atomic mass is 19.1.